The van der Waals surface area contributed by atoms with Gasteiger partial charge in [0.1, 0.15) is 19.8 Å². The molecule has 0 aliphatic heterocycles. The quantitative estimate of drug-likeness (QED) is 0.436. The second kappa shape index (κ2) is 9.76. The van der Waals surface area contributed by atoms with Gasteiger partial charge < -0.3 is 31.4 Å². The van der Waals surface area contributed by atoms with Crippen LogP contribution in [0.4, 0.5) is 14.4 Å². The summed E-state index contributed by atoms with van der Waals surface area (Å²) in [5.74, 6) is 0. The van der Waals surface area contributed by atoms with E-state index in [1.165, 1.54) is 0 Å². The van der Waals surface area contributed by atoms with E-state index in [9.17, 15) is 14.4 Å². The summed E-state index contributed by atoms with van der Waals surface area (Å²) in [7, 11) is 0. The smallest absolute Gasteiger partial charge is 0.404 e. The van der Waals surface area contributed by atoms with Crippen molar-refractivity contribution in [1.29, 1.82) is 0 Å². The summed E-state index contributed by atoms with van der Waals surface area (Å²) in [6.45, 7) is 1.15. The van der Waals surface area contributed by atoms with Crippen molar-refractivity contribution in [1.82, 2.24) is 4.90 Å². The molecule has 19 heavy (non-hydrogen) atoms. The predicted molar refractivity (Wildman–Crippen MR) is 63.0 cm³/mol. The summed E-state index contributed by atoms with van der Waals surface area (Å²) >= 11 is 0. The number of hydrogen-bond acceptors (Lipinski definition) is 7. The van der Waals surface area contributed by atoms with Gasteiger partial charge in [0, 0.05) is 19.6 Å². The summed E-state index contributed by atoms with van der Waals surface area (Å²) in [5, 5.41) is 0. The van der Waals surface area contributed by atoms with Crippen LogP contribution in [-0.4, -0.2) is 62.6 Å². The lowest BCUT2D eigenvalue weighted by Gasteiger charge is -2.21. The standard InChI is InChI=1S/C9H18N4O6/c10-7(14)17-4-1-13(2-5-18-8(11)15)3-6-19-9(12)16/h1-6H2,(H2,10,14)(H2,11,15)(H2,12,16). The molecular formula is C9H18N4O6. The van der Waals surface area contributed by atoms with Gasteiger partial charge in [-0.25, -0.2) is 14.4 Å². The number of primary amides is 3. The second-order valence-corrected chi connectivity index (χ2v) is 3.34. The van der Waals surface area contributed by atoms with Crippen molar-refractivity contribution in [2.75, 3.05) is 39.5 Å². The summed E-state index contributed by atoms with van der Waals surface area (Å²) in [6.07, 6.45) is -2.66. The first-order chi connectivity index (χ1) is 8.91. The Bertz CT molecular complexity index is 264. The van der Waals surface area contributed by atoms with Gasteiger partial charge in [-0.3, -0.25) is 4.90 Å². The predicted octanol–water partition coefficient (Wildman–Crippen LogP) is -1.43. The number of carbonyl (C=O) groups excluding carboxylic acids is 3. The zero-order chi connectivity index (χ0) is 14.7. The largest absolute Gasteiger partial charge is 0.448 e. The molecule has 0 radical (unpaired) electrons. The number of amides is 3. The van der Waals surface area contributed by atoms with Gasteiger partial charge in [0.05, 0.1) is 0 Å². The second-order valence-electron chi connectivity index (χ2n) is 3.34. The molecule has 0 aliphatic rings. The zero-order valence-corrected chi connectivity index (χ0v) is 10.4. The lowest BCUT2D eigenvalue weighted by atomic mass is 10.4. The third-order valence-electron chi connectivity index (χ3n) is 1.96. The van der Waals surface area contributed by atoms with Crippen LogP contribution in [-0.2, 0) is 14.2 Å². The number of carbonyl (C=O) groups is 3. The van der Waals surface area contributed by atoms with Crippen LogP contribution in [0, 0.1) is 0 Å². The summed E-state index contributed by atoms with van der Waals surface area (Å²) in [6, 6.07) is 0. The molecule has 10 heteroatoms. The molecule has 110 valence electrons. The van der Waals surface area contributed by atoms with Crippen LogP contribution in [0.15, 0.2) is 0 Å². The molecule has 0 saturated carbocycles. The molecule has 0 bridgehead atoms. The van der Waals surface area contributed by atoms with Crippen LogP contribution in [0.2, 0.25) is 0 Å². The van der Waals surface area contributed by atoms with Crippen LogP contribution in [0.5, 0.6) is 0 Å². The summed E-state index contributed by atoms with van der Waals surface area (Å²) in [5.41, 5.74) is 14.4. The first kappa shape index (κ1) is 16.8. The van der Waals surface area contributed by atoms with E-state index < -0.39 is 18.3 Å². The minimum Gasteiger partial charge on any atom is -0.448 e. The third kappa shape index (κ3) is 12.0. The van der Waals surface area contributed by atoms with Crippen molar-refractivity contribution in [2.24, 2.45) is 17.2 Å². The van der Waals surface area contributed by atoms with Crippen LogP contribution in [0.1, 0.15) is 0 Å². The van der Waals surface area contributed by atoms with Crippen LogP contribution in [0.25, 0.3) is 0 Å². The van der Waals surface area contributed by atoms with Gasteiger partial charge in [-0.05, 0) is 0 Å². The molecule has 0 fully saturated rings. The number of nitrogens with zero attached hydrogens (tertiary/aromatic N) is 1. The first-order valence-corrected chi connectivity index (χ1v) is 5.41. The maximum absolute atomic E-state index is 10.4. The molecule has 0 heterocycles. The van der Waals surface area contributed by atoms with E-state index >= 15 is 0 Å². The van der Waals surface area contributed by atoms with Crippen molar-refractivity contribution in [3.63, 3.8) is 0 Å². The van der Waals surface area contributed by atoms with Crippen molar-refractivity contribution in [3.8, 4) is 0 Å². The first-order valence-electron chi connectivity index (χ1n) is 5.41. The van der Waals surface area contributed by atoms with Gasteiger partial charge in [-0.2, -0.15) is 0 Å². The van der Waals surface area contributed by atoms with Crippen LogP contribution >= 0.6 is 0 Å². The van der Waals surface area contributed by atoms with E-state index in [1.54, 1.807) is 4.90 Å². The van der Waals surface area contributed by atoms with Gasteiger partial charge in [-0.15, -0.1) is 0 Å². The maximum atomic E-state index is 10.4. The maximum Gasteiger partial charge on any atom is 0.404 e. The average Bonchev–Trinajstić information content (AvgIpc) is 2.26. The Morgan fingerprint density at radius 2 is 0.947 bits per heavy atom. The van der Waals surface area contributed by atoms with Crippen molar-refractivity contribution in [2.45, 2.75) is 0 Å². The number of rotatable bonds is 9. The van der Waals surface area contributed by atoms with E-state index in [2.05, 4.69) is 14.2 Å². The Morgan fingerprint density at radius 3 is 1.16 bits per heavy atom. The fourth-order valence-electron chi connectivity index (χ4n) is 1.16. The SMILES string of the molecule is NC(=O)OCCN(CCOC(N)=O)CCOC(N)=O. The summed E-state index contributed by atoms with van der Waals surface area (Å²) < 4.78 is 13.7. The minimum atomic E-state index is -0.887. The van der Waals surface area contributed by atoms with Crippen molar-refractivity contribution in [3.05, 3.63) is 0 Å². The zero-order valence-electron chi connectivity index (χ0n) is 10.4. The number of hydrogen-bond donors (Lipinski definition) is 3. The molecule has 10 nitrogen and oxygen atoms in total. The molecule has 0 spiro atoms. The molecular weight excluding hydrogens is 260 g/mol. The highest BCUT2D eigenvalue weighted by atomic mass is 16.6. The van der Waals surface area contributed by atoms with E-state index in [4.69, 9.17) is 17.2 Å². The number of nitrogens with two attached hydrogens (primary N) is 3. The van der Waals surface area contributed by atoms with Gasteiger partial charge in [0.25, 0.3) is 0 Å². The fraction of sp³-hybridized carbons (Fsp3) is 0.667. The molecule has 0 atom stereocenters. The topological polar surface area (TPSA) is 160 Å². The monoisotopic (exact) mass is 278 g/mol. The third-order valence-corrected chi connectivity index (χ3v) is 1.96. The molecule has 0 aromatic rings. The molecule has 0 saturated heterocycles. The Labute approximate surface area is 109 Å². The molecule has 0 rings (SSSR count). The van der Waals surface area contributed by atoms with Gasteiger partial charge >= 0.3 is 18.3 Å². The normalized spacial score (nSPS) is 9.95. The van der Waals surface area contributed by atoms with E-state index in [0.29, 0.717) is 19.6 Å². The van der Waals surface area contributed by atoms with Crippen molar-refractivity contribution < 1.29 is 28.6 Å². The van der Waals surface area contributed by atoms with Crippen LogP contribution in [0.3, 0.4) is 0 Å². The highest BCUT2D eigenvalue weighted by Gasteiger charge is 2.08. The lowest BCUT2D eigenvalue weighted by Crippen LogP contribution is -2.36. The molecule has 6 N–H and O–H groups in total. The van der Waals surface area contributed by atoms with Crippen molar-refractivity contribution >= 4 is 18.3 Å². The molecule has 3 amide bonds. The lowest BCUT2D eigenvalue weighted by molar-refractivity contribution is 0.0967. The van der Waals surface area contributed by atoms with E-state index in [1.807, 2.05) is 0 Å². The van der Waals surface area contributed by atoms with Gasteiger partial charge in [0.2, 0.25) is 0 Å². The minimum absolute atomic E-state index is 0.0580. The van der Waals surface area contributed by atoms with Crippen LogP contribution < -0.4 is 17.2 Å². The molecule has 0 aliphatic carbocycles. The Morgan fingerprint density at radius 1 is 0.684 bits per heavy atom. The average molecular weight is 278 g/mol. The van der Waals surface area contributed by atoms with Gasteiger partial charge in [0.15, 0.2) is 0 Å². The Hall–Kier alpha value is -2.23. The molecule has 0 aromatic heterocycles. The van der Waals surface area contributed by atoms with E-state index in [0.717, 1.165) is 0 Å². The Balaban J connectivity index is 3.94. The molecule has 0 unspecified atom stereocenters. The number of ether oxygens (including phenoxy) is 3. The van der Waals surface area contributed by atoms with E-state index in [-0.39, 0.29) is 19.8 Å². The highest BCUT2D eigenvalue weighted by molar-refractivity contribution is 5.65. The Kier molecular flexibility index (Phi) is 8.62. The fourth-order valence-corrected chi connectivity index (χ4v) is 1.16. The summed E-state index contributed by atoms with van der Waals surface area (Å²) in [4.78, 5) is 32.9. The molecule has 0 aromatic carbocycles. The van der Waals surface area contributed by atoms with Gasteiger partial charge in [-0.1, -0.05) is 0 Å². The highest BCUT2D eigenvalue weighted by Crippen LogP contribution is 1.91.